The van der Waals surface area contributed by atoms with Crippen molar-refractivity contribution in [3.8, 4) is 0 Å². The Morgan fingerprint density at radius 1 is 1.21 bits per heavy atom. The van der Waals surface area contributed by atoms with Gasteiger partial charge in [-0.25, -0.2) is 9.78 Å². The van der Waals surface area contributed by atoms with Gasteiger partial charge in [0.1, 0.15) is 10.8 Å². The first kappa shape index (κ1) is 13.5. The topological polar surface area (TPSA) is 75.6 Å². The van der Waals surface area contributed by atoms with E-state index < -0.39 is 0 Å². The molecule has 2 rings (SSSR count). The molecule has 0 saturated carbocycles. The molecule has 1 fully saturated rings. The van der Waals surface area contributed by atoms with E-state index in [1.54, 1.807) is 9.80 Å². The Labute approximate surface area is 115 Å². The molecule has 0 atom stereocenters. The second-order valence-electron chi connectivity index (χ2n) is 3.98. The van der Waals surface area contributed by atoms with Crippen LogP contribution in [0.25, 0.3) is 0 Å². The van der Waals surface area contributed by atoms with Gasteiger partial charge in [-0.3, -0.25) is 9.78 Å². The summed E-state index contributed by atoms with van der Waals surface area (Å²) in [4.78, 5) is 34.4. The van der Waals surface area contributed by atoms with Crippen LogP contribution in [0.2, 0.25) is 5.15 Å². The number of hydrogen-bond acceptors (Lipinski definition) is 5. The van der Waals surface area contributed by atoms with Gasteiger partial charge in [-0.15, -0.1) is 0 Å². The van der Waals surface area contributed by atoms with Crippen molar-refractivity contribution >= 4 is 23.6 Å². The summed E-state index contributed by atoms with van der Waals surface area (Å²) in [6.45, 7) is 1.74. The number of hydrogen-bond donors (Lipinski definition) is 0. The Hall–Kier alpha value is -1.89. The highest BCUT2D eigenvalue weighted by Crippen LogP contribution is 2.09. The average Bonchev–Trinajstić information content (AvgIpc) is 2.46. The Balaban J connectivity index is 1.98. The first-order chi connectivity index (χ1) is 9.11. The second-order valence-corrected chi connectivity index (χ2v) is 4.36. The van der Waals surface area contributed by atoms with E-state index in [9.17, 15) is 9.59 Å². The van der Waals surface area contributed by atoms with Crippen LogP contribution in [0.1, 0.15) is 10.5 Å². The van der Waals surface area contributed by atoms with Crippen molar-refractivity contribution in [1.82, 2.24) is 19.8 Å². The third kappa shape index (κ3) is 3.11. The van der Waals surface area contributed by atoms with Gasteiger partial charge in [0.25, 0.3) is 5.91 Å². The van der Waals surface area contributed by atoms with Gasteiger partial charge in [-0.05, 0) is 0 Å². The number of amides is 2. The maximum absolute atomic E-state index is 12.1. The van der Waals surface area contributed by atoms with Crippen LogP contribution >= 0.6 is 11.6 Å². The summed E-state index contributed by atoms with van der Waals surface area (Å²) < 4.78 is 4.63. The third-order valence-electron chi connectivity index (χ3n) is 2.82. The van der Waals surface area contributed by atoms with Crippen molar-refractivity contribution in [2.45, 2.75) is 0 Å². The van der Waals surface area contributed by atoms with Crippen LogP contribution in [0.3, 0.4) is 0 Å². The van der Waals surface area contributed by atoms with Crippen LogP contribution in [0.4, 0.5) is 4.79 Å². The molecule has 0 unspecified atom stereocenters. The van der Waals surface area contributed by atoms with Gasteiger partial charge >= 0.3 is 6.09 Å². The smallest absolute Gasteiger partial charge is 0.409 e. The zero-order valence-electron chi connectivity index (χ0n) is 10.4. The first-order valence-electron chi connectivity index (χ1n) is 5.71. The van der Waals surface area contributed by atoms with E-state index in [-0.39, 0.29) is 22.8 Å². The number of ether oxygens (including phenoxy) is 1. The molecule has 2 amide bonds. The fourth-order valence-corrected chi connectivity index (χ4v) is 1.98. The lowest BCUT2D eigenvalue weighted by Crippen LogP contribution is -2.50. The number of carbonyl (C=O) groups excluding carboxylic acids is 2. The fraction of sp³-hybridized carbons (Fsp3) is 0.455. The number of methoxy groups -OCH3 is 1. The first-order valence-corrected chi connectivity index (χ1v) is 6.09. The quantitative estimate of drug-likeness (QED) is 0.757. The number of aromatic nitrogens is 2. The molecule has 8 heteroatoms. The summed E-state index contributed by atoms with van der Waals surface area (Å²) in [6.07, 6.45) is 2.36. The largest absolute Gasteiger partial charge is 0.453 e. The molecular formula is C11H13ClN4O3. The van der Waals surface area contributed by atoms with Crippen molar-refractivity contribution in [1.29, 1.82) is 0 Å². The highest BCUT2D eigenvalue weighted by molar-refractivity contribution is 6.29. The van der Waals surface area contributed by atoms with Crippen molar-refractivity contribution in [2.24, 2.45) is 0 Å². The Bertz CT molecular complexity index is 489. The van der Waals surface area contributed by atoms with E-state index in [1.165, 1.54) is 19.5 Å². The van der Waals surface area contributed by atoms with Crippen LogP contribution in [0, 0.1) is 0 Å². The number of rotatable bonds is 1. The maximum atomic E-state index is 12.1. The van der Waals surface area contributed by atoms with Crippen LogP contribution in [0.15, 0.2) is 12.4 Å². The van der Waals surface area contributed by atoms with Crippen molar-refractivity contribution in [3.63, 3.8) is 0 Å². The molecule has 0 bridgehead atoms. The Morgan fingerprint density at radius 2 is 1.84 bits per heavy atom. The number of carbonyl (C=O) groups is 2. The molecule has 1 aliphatic rings. The highest BCUT2D eigenvalue weighted by atomic mass is 35.5. The maximum Gasteiger partial charge on any atom is 0.409 e. The lowest BCUT2D eigenvalue weighted by molar-refractivity contribution is 0.0594. The minimum Gasteiger partial charge on any atom is -0.453 e. The summed E-state index contributed by atoms with van der Waals surface area (Å²) in [5, 5.41) is 0.180. The Morgan fingerprint density at radius 3 is 2.42 bits per heavy atom. The van der Waals surface area contributed by atoms with Crippen LogP contribution in [-0.2, 0) is 4.74 Å². The van der Waals surface area contributed by atoms with E-state index in [2.05, 4.69) is 14.7 Å². The van der Waals surface area contributed by atoms with E-state index in [1.807, 2.05) is 0 Å². The van der Waals surface area contributed by atoms with Gasteiger partial charge < -0.3 is 14.5 Å². The van der Waals surface area contributed by atoms with Crippen molar-refractivity contribution < 1.29 is 14.3 Å². The van der Waals surface area contributed by atoms with Crippen LogP contribution < -0.4 is 0 Å². The molecule has 102 valence electrons. The third-order valence-corrected chi connectivity index (χ3v) is 3.01. The molecule has 1 aromatic heterocycles. The standard InChI is InChI=1S/C11H13ClN4O3/c1-19-11(18)16-4-2-15(3-5-16)10(17)8-6-13-7-9(12)14-8/h6-7H,2-5H2,1H3. The minimum absolute atomic E-state index is 0.180. The SMILES string of the molecule is COC(=O)N1CCN(C(=O)c2cncc(Cl)n2)CC1. The molecule has 0 spiro atoms. The predicted octanol–water partition coefficient (Wildman–Crippen LogP) is 0.654. The molecule has 0 aliphatic carbocycles. The van der Waals surface area contributed by atoms with Crippen molar-refractivity contribution in [3.05, 3.63) is 23.2 Å². The molecule has 1 aromatic rings. The van der Waals surface area contributed by atoms with E-state index in [0.29, 0.717) is 26.2 Å². The predicted molar refractivity (Wildman–Crippen MR) is 66.9 cm³/mol. The lowest BCUT2D eigenvalue weighted by atomic mass is 10.3. The van der Waals surface area contributed by atoms with Gasteiger partial charge in [0.05, 0.1) is 19.5 Å². The van der Waals surface area contributed by atoms with Crippen LogP contribution in [-0.4, -0.2) is 65.1 Å². The average molecular weight is 285 g/mol. The summed E-state index contributed by atoms with van der Waals surface area (Å²) in [6, 6.07) is 0. The molecule has 7 nitrogen and oxygen atoms in total. The molecule has 1 aliphatic heterocycles. The van der Waals surface area contributed by atoms with Gasteiger partial charge in [-0.2, -0.15) is 0 Å². The zero-order chi connectivity index (χ0) is 13.8. The van der Waals surface area contributed by atoms with Crippen LogP contribution in [0.5, 0.6) is 0 Å². The second kappa shape index (κ2) is 5.83. The molecule has 0 aromatic carbocycles. The van der Waals surface area contributed by atoms with Crippen molar-refractivity contribution in [2.75, 3.05) is 33.3 Å². The molecule has 0 N–H and O–H groups in total. The molecule has 2 heterocycles. The lowest BCUT2D eigenvalue weighted by Gasteiger charge is -2.33. The Kier molecular flexibility index (Phi) is 4.16. The van der Waals surface area contributed by atoms with Gasteiger partial charge in [0, 0.05) is 26.2 Å². The molecule has 0 radical (unpaired) electrons. The fourth-order valence-electron chi connectivity index (χ4n) is 1.83. The molecular weight excluding hydrogens is 272 g/mol. The number of piperazine rings is 1. The highest BCUT2D eigenvalue weighted by Gasteiger charge is 2.25. The van der Waals surface area contributed by atoms with E-state index in [0.717, 1.165) is 0 Å². The van der Waals surface area contributed by atoms with Gasteiger partial charge in [0.2, 0.25) is 0 Å². The number of halogens is 1. The van der Waals surface area contributed by atoms with E-state index >= 15 is 0 Å². The summed E-state index contributed by atoms with van der Waals surface area (Å²) >= 11 is 5.70. The summed E-state index contributed by atoms with van der Waals surface area (Å²) in [5.41, 5.74) is 0.207. The summed E-state index contributed by atoms with van der Waals surface area (Å²) in [5.74, 6) is -0.237. The van der Waals surface area contributed by atoms with Gasteiger partial charge in [-0.1, -0.05) is 11.6 Å². The minimum atomic E-state index is -0.380. The molecule has 19 heavy (non-hydrogen) atoms. The molecule has 1 saturated heterocycles. The van der Waals surface area contributed by atoms with E-state index in [4.69, 9.17) is 11.6 Å². The number of nitrogens with zero attached hydrogens (tertiary/aromatic N) is 4. The normalized spacial score (nSPS) is 15.3. The zero-order valence-corrected chi connectivity index (χ0v) is 11.1. The monoisotopic (exact) mass is 284 g/mol. The van der Waals surface area contributed by atoms with Gasteiger partial charge in [0.15, 0.2) is 0 Å². The summed E-state index contributed by atoms with van der Waals surface area (Å²) in [7, 11) is 1.33.